The van der Waals surface area contributed by atoms with Gasteiger partial charge in [-0.2, -0.15) is 11.8 Å². The zero-order valence-electron chi connectivity index (χ0n) is 10.3. The Labute approximate surface area is 102 Å². The summed E-state index contributed by atoms with van der Waals surface area (Å²) in [6.07, 6.45) is 0. The molecule has 1 aromatic carbocycles. The summed E-state index contributed by atoms with van der Waals surface area (Å²) in [5.41, 5.74) is 4.00. The molecule has 2 nitrogen and oxygen atoms in total. The van der Waals surface area contributed by atoms with E-state index in [1.807, 2.05) is 7.05 Å². The van der Waals surface area contributed by atoms with Crippen LogP contribution >= 0.6 is 11.8 Å². The minimum Gasteiger partial charge on any atom is -0.396 e. The first-order valence-corrected chi connectivity index (χ1v) is 6.77. The van der Waals surface area contributed by atoms with Crippen LogP contribution in [0.2, 0.25) is 0 Å². The van der Waals surface area contributed by atoms with Gasteiger partial charge in [0.15, 0.2) is 0 Å². The highest BCUT2D eigenvalue weighted by molar-refractivity contribution is 7.99. The van der Waals surface area contributed by atoms with Crippen molar-refractivity contribution in [1.29, 1.82) is 0 Å². The van der Waals surface area contributed by atoms with Crippen LogP contribution in [0.4, 0.5) is 0 Å². The molecule has 0 spiro atoms. The standard InChI is InChI=1S/C13H21NOS/c1-10-4-5-12(8-11(10)2)13(14-3)9-16-7-6-15/h4-5,8,13-15H,6-7,9H2,1-3H3. The summed E-state index contributed by atoms with van der Waals surface area (Å²) in [6, 6.07) is 6.97. The quantitative estimate of drug-likeness (QED) is 0.747. The van der Waals surface area contributed by atoms with Crippen molar-refractivity contribution in [2.75, 3.05) is 25.2 Å². The van der Waals surface area contributed by atoms with Gasteiger partial charge >= 0.3 is 0 Å². The molecule has 0 aromatic heterocycles. The predicted octanol–water partition coefficient (Wildman–Crippen LogP) is 2.29. The zero-order valence-corrected chi connectivity index (χ0v) is 11.1. The minimum atomic E-state index is 0.258. The highest BCUT2D eigenvalue weighted by atomic mass is 32.2. The van der Waals surface area contributed by atoms with E-state index in [2.05, 4.69) is 37.4 Å². The molecule has 1 atom stereocenters. The second kappa shape index (κ2) is 6.94. The molecule has 1 rings (SSSR count). The maximum absolute atomic E-state index is 8.76. The monoisotopic (exact) mass is 239 g/mol. The van der Waals surface area contributed by atoms with Crippen molar-refractivity contribution in [3.8, 4) is 0 Å². The molecule has 0 aliphatic rings. The van der Waals surface area contributed by atoms with Gasteiger partial charge < -0.3 is 10.4 Å². The number of nitrogens with one attached hydrogen (secondary N) is 1. The number of hydrogen-bond acceptors (Lipinski definition) is 3. The zero-order chi connectivity index (χ0) is 12.0. The van der Waals surface area contributed by atoms with Crippen molar-refractivity contribution in [2.24, 2.45) is 0 Å². The molecule has 0 aliphatic carbocycles. The van der Waals surface area contributed by atoms with Gasteiger partial charge in [0.1, 0.15) is 0 Å². The molecular weight excluding hydrogens is 218 g/mol. The van der Waals surface area contributed by atoms with E-state index in [9.17, 15) is 0 Å². The molecule has 90 valence electrons. The van der Waals surface area contributed by atoms with Gasteiger partial charge in [0.2, 0.25) is 0 Å². The molecule has 0 amide bonds. The SMILES string of the molecule is CNC(CSCCO)c1ccc(C)c(C)c1. The molecule has 0 saturated heterocycles. The summed E-state index contributed by atoms with van der Waals surface area (Å²) < 4.78 is 0. The van der Waals surface area contributed by atoms with Crippen molar-refractivity contribution in [2.45, 2.75) is 19.9 Å². The molecule has 0 bridgehead atoms. The van der Waals surface area contributed by atoms with Crippen LogP contribution < -0.4 is 5.32 Å². The van der Waals surface area contributed by atoms with Crippen LogP contribution in [0.5, 0.6) is 0 Å². The first-order chi connectivity index (χ1) is 7.69. The van der Waals surface area contributed by atoms with Gasteiger partial charge in [0.25, 0.3) is 0 Å². The third kappa shape index (κ3) is 3.81. The van der Waals surface area contributed by atoms with E-state index in [-0.39, 0.29) is 6.61 Å². The van der Waals surface area contributed by atoms with Gasteiger partial charge in [-0.3, -0.25) is 0 Å². The van der Waals surface area contributed by atoms with Crippen molar-refractivity contribution < 1.29 is 5.11 Å². The number of hydrogen-bond donors (Lipinski definition) is 2. The van der Waals surface area contributed by atoms with Crippen molar-refractivity contribution in [3.05, 3.63) is 34.9 Å². The molecule has 0 radical (unpaired) electrons. The number of thioether (sulfide) groups is 1. The third-order valence-corrected chi connectivity index (χ3v) is 3.84. The molecule has 0 saturated carbocycles. The van der Waals surface area contributed by atoms with Crippen molar-refractivity contribution in [1.82, 2.24) is 5.32 Å². The number of aliphatic hydroxyl groups is 1. The van der Waals surface area contributed by atoms with Crippen LogP contribution in [0.25, 0.3) is 0 Å². The first kappa shape index (κ1) is 13.6. The fraction of sp³-hybridized carbons (Fsp3) is 0.538. The maximum atomic E-state index is 8.76. The molecule has 1 aromatic rings. The average Bonchev–Trinajstić information content (AvgIpc) is 2.29. The predicted molar refractivity (Wildman–Crippen MR) is 72.1 cm³/mol. The van der Waals surface area contributed by atoms with Gasteiger partial charge in [0.05, 0.1) is 6.61 Å². The molecule has 16 heavy (non-hydrogen) atoms. The number of rotatable bonds is 6. The summed E-state index contributed by atoms with van der Waals surface area (Å²) in [6.45, 7) is 4.54. The van der Waals surface area contributed by atoms with Crippen LogP contribution in [-0.2, 0) is 0 Å². The summed E-state index contributed by atoms with van der Waals surface area (Å²) in [5.74, 6) is 1.81. The minimum absolute atomic E-state index is 0.258. The Balaban J connectivity index is 2.67. The lowest BCUT2D eigenvalue weighted by Gasteiger charge is -2.17. The Morgan fingerprint density at radius 1 is 1.31 bits per heavy atom. The highest BCUT2D eigenvalue weighted by Gasteiger charge is 2.09. The lowest BCUT2D eigenvalue weighted by atomic mass is 10.0. The van der Waals surface area contributed by atoms with Crippen molar-refractivity contribution >= 4 is 11.8 Å². The Kier molecular flexibility index (Phi) is 5.88. The largest absolute Gasteiger partial charge is 0.396 e. The van der Waals surface area contributed by atoms with E-state index in [1.54, 1.807) is 11.8 Å². The Morgan fingerprint density at radius 3 is 2.62 bits per heavy atom. The second-order valence-electron chi connectivity index (χ2n) is 3.98. The summed E-state index contributed by atoms with van der Waals surface area (Å²) >= 11 is 1.78. The third-order valence-electron chi connectivity index (χ3n) is 2.80. The normalized spacial score (nSPS) is 12.8. The summed E-state index contributed by atoms with van der Waals surface area (Å²) in [5, 5.41) is 12.1. The van der Waals surface area contributed by atoms with E-state index in [1.165, 1.54) is 16.7 Å². The second-order valence-corrected chi connectivity index (χ2v) is 5.13. The van der Waals surface area contributed by atoms with Crippen LogP contribution in [0.15, 0.2) is 18.2 Å². The van der Waals surface area contributed by atoms with E-state index in [0.29, 0.717) is 6.04 Å². The van der Waals surface area contributed by atoms with Crippen LogP contribution in [-0.4, -0.2) is 30.3 Å². The molecule has 0 fully saturated rings. The molecule has 0 heterocycles. The average molecular weight is 239 g/mol. The Bertz CT molecular complexity index is 328. The molecular formula is C13H21NOS. The first-order valence-electron chi connectivity index (χ1n) is 5.62. The summed E-state index contributed by atoms with van der Waals surface area (Å²) in [7, 11) is 1.99. The molecule has 3 heteroatoms. The number of aryl methyl sites for hydroxylation is 2. The Hall–Kier alpha value is -0.510. The maximum Gasteiger partial charge on any atom is 0.0521 e. The lowest BCUT2D eigenvalue weighted by molar-refractivity contribution is 0.322. The highest BCUT2D eigenvalue weighted by Crippen LogP contribution is 2.20. The van der Waals surface area contributed by atoms with E-state index in [4.69, 9.17) is 5.11 Å². The molecule has 1 unspecified atom stereocenters. The van der Waals surface area contributed by atoms with Gasteiger partial charge in [-0.05, 0) is 37.6 Å². The number of aliphatic hydroxyl groups excluding tert-OH is 1. The van der Waals surface area contributed by atoms with Gasteiger partial charge in [-0.1, -0.05) is 18.2 Å². The van der Waals surface area contributed by atoms with E-state index in [0.717, 1.165) is 11.5 Å². The topological polar surface area (TPSA) is 32.3 Å². The fourth-order valence-corrected chi connectivity index (χ4v) is 2.48. The van der Waals surface area contributed by atoms with Gasteiger partial charge in [0, 0.05) is 17.5 Å². The van der Waals surface area contributed by atoms with E-state index >= 15 is 0 Å². The summed E-state index contributed by atoms with van der Waals surface area (Å²) in [4.78, 5) is 0. The van der Waals surface area contributed by atoms with Gasteiger partial charge in [-0.15, -0.1) is 0 Å². The van der Waals surface area contributed by atoms with E-state index < -0.39 is 0 Å². The lowest BCUT2D eigenvalue weighted by Crippen LogP contribution is -2.19. The van der Waals surface area contributed by atoms with Crippen LogP contribution in [0, 0.1) is 13.8 Å². The Morgan fingerprint density at radius 2 is 2.06 bits per heavy atom. The van der Waals surface area contributed by atoms with Crippen LogP contribution in [0.3, 0.4) is 0 Å². The van der Waals surface area contributed by atoms with Crippen molar-refractivity contribution in [3.63, 3.8) is 0 Å². The fourth-order valence-electron chi connectivity index (χ4n) is 1.59. The molecule has 2 N–H and O–H groups in total. The molecule has 0 aliphatic heterocycles. The number of benzene rings is 1. The van der Waals surface area contributed by atoms with Crippen LogP contribution in [0.1, 0.15) is 22.7 Å². The smallest absolute Gasteiger partial charge is 0.0521 e. The van der Waals surface area contributed by atoms with Gasteiger partial charge in [-0.25, -0.2) is 0 Å².